The minimum atomic E-state index is -0.654. The molecule has 31 heavy (non-hydrogen) atoms. The molecule has 2 N–H and O–H groups in total. The quantitative estimate of drug-likeness (QED) is 0.752. The van der Waals surface area contributed by atoms with E-state index in [-0.39, 0.29) is 12.2 Å². The highest BCUT2D eigenvalue weighted by Crippen LogP contribution is 2.28. The number of carbonyl (C=O) groups excluding carboxylic acids is 2. The lowest BCUT2D eigenvalue weighted by molar-refractivity contribution is -0.117. The van der Waals surface area contributed by atoms with E-state index in [0.29, 0.717) is 23.7 Å². The van der Waals surface area contributed by atoms with Gasteiger partial charge in [-0.25, -0.2) is 14.3 Å². The first-order valence-corrected chi connectivity index (χ1v) is 10.3. The molecule has 10 nitrogen and oxygen atoms in total. The number of rotatable bonds is 5. The van der Waals surface area contributed by atoms with Gasteiger partial charge in [-0.15, -0.1) is 0 Å². The minimum Gasteiger partial charge on any atom is -0.495 e. The third kappa shape index (κ3) is 5.87. The number of hydrogen-bond donors (Lipinski definition) is 2. The fourth-order valence-corrected chi connectivity index (χ4v) is 3.36. The van der Waals surface area contributed by atoms with E-state index in [1.807, 2.05) is 0 Å². The molecule has 3 rings (SSSR count). The molecule has 1 aromatic heterocycles. The van der Waals surface area contributed by atoms with Crippen LogP contribution < -0.4 is 21.1 Å². The number of carbonyl (C=O) groups is 2. The van der Waals surface area contributed by atoms with Gasteiger partial charge in [0, 0.05) is 18.7 Å². The zero-order valence-electron chi connectivity index (χ0n) is 18.4. The molecule has 2 heterocycles. The number of nitrogens with zero attached hydrogens (tertiary/aromatic N) is 3. The average Bonchev–Trinajstić information content (AvgIpc) is 2.82. The molecule has 0 bridgehead atoms. The Balaban J connectivity index is 1.70. The number of ether oxygens (including phenoxy) is 2. The Morgan fingerprint density at radius 1 is 1.16 bits per heavy atom. The lowest BCUT2D eigenvalue weighted by Crippen LogP contribution is -2.30. The fraction of sp³-hybridized carbons (Fsp3) is 0.524. The first-order valence-electron chi connectivity index (χ1n) is 10.3. The molecule has 168 valence electrons. The van der Waals surface area contributed by atoms with Crippen molar-refractivity contribution in [2.24, 2.45) is 0 Å². The van der Waals surface area contributed by atoms with Gasteiger partial charge in [-0.3, -0.25) is 14.7 Å². The van der Waals surface area contributed by atoms with Gasteiger partial charge in [-0.05, 0) is 51.8 Å². The summed E-state index contributed by atoms with van der Waals surface area (Å²) >= 11 is 0. The Bertz CT molecular complexity index is 1020. The van der Waals surface area contributed by atoms with E-state index < -0.39 is 17.6 Å². The summed E-state index contributed by atoms with van der Waals surface area (Å²) < 4.78 is 13.4. The summed E-state index contributed by atoms with van der Waals surface area (Å²) in [4.78, 5) is 37.2. The van der Waals surface area contributed by atoms with Crippen molar-refractivity contribution >= 4 is 23.4 Å². The van der Waals surface area contributed by atoms with Gasteiger partial charge in [0.1, 0.15) is 23.7 Å². The molecule has 1 aliphatic heterocycles. The van der Waals surface area contributed by atoms with E-state index >= 15 is 0 Å². The second-order valence-electron chi connectivity index (χ2n) is 8.41. The van der Waals surface area contributed by atoms with Gasteiger partial charge in [0.25, 0.3) is 0 Å². The molecule has 0 saturated heterocycles. The normalized spacial score (nSPS) is 13.7. The number of anilines is 2. The summed E-state index contributed by atoms with van der Waals surface area (Å²) in [7, 11) is 1.48. The monoisotopic (exact) mass is 431 g/mol. The molecule has 0 aliphatic carbocycles. The Morgan fingerprint density at radius 3 is 2.65 bits per heavy atom. The zero-order chi connectivity index (χ0) is 22.6. The smallest absolute Gasteiger partial charge is 0.412 e. The molecule has 2 amide bonds. The van der Waals surface area contributed by atoms with E-state index in [1.165, 1.54) is 11.8 Å². The largest absolute Gasteiger partial charge is 0.495 e. The Kier molecular flexibility index (Phi) is 6.67. The zero-order valence-corrected chi connectivity index (χ0v) is 18.4. The molecule has 0 spiro atoms. The van der Waals surface area contributed by atoms with Gasteiger partial charge in [0.2, 0.25) is 5.91 Å². The molecular weight excluding hydrogens is 402 g/mol. The molecule has 0 radical (unpaired) electrons. The lowest BCUT2D eigenvalue weighted by Gasteiger charge is -2.20. The molecule has 0 saturated carbocycles. The van der Waals surface area contributed by atoms with Crippen molar-refractivity contribution in [3.05, 3.63) is 34.5 Å². The number of aryl methyl sites for hydroxylation is 1. The van der Waals surface area contributed by atoms with Crippen molar-refractivity contribution < 1.29 is 19.1 Å². The molecule has 0 unspecified atom stereocenters. The summed E-state index contributed by atoms with van der Waals surface area (Å²) in [6, 6.07) is 4.82. The standard InChI is InChI=1S/C21H29N5O5/c1-21(2,3)31-19(28)23-15-12-14(9-10-16(15)30-4)22-18(27)13-26-20(29)25-11-7-5-6-8-17(25)24-26/h9-10,12H,5-8,11,13H2,1-4H3,(H,22,27)(H,23,28). The maximum Gasteiger partial charge on any atom is 0.412 e. The SMILES string of the molecule is COc1ccc(NC(=O)Cn2nc3n(c2=O)CCCCC3)cc1NC(=O)OC(C)(C)C. The van der Waals surface area contributed by atoms with E-state index in [2.05, 4.69) is 15.7 Å². The lowest BCUT2D eigenvalue weighted by atomic mass is 10.2. The summed E-state index contributed by atoms with van der Waals surface area (Å²) in [6.45, 7) is 5.72. The number of benzene rings is 1. The van der Waals surface area contributed by atoms with E-state index in [4.69, 9.17) is 9.47 Å². The third-order valence-electron chi connectivity index (χ3n) is 4.69. The van der Waals surface area contributed by atoms with Gasteiger partial charge in [0.05, 0.1) is 12.8 Å². The van der Waals surface area contributed by atoms with E-state index in [9.17, 15) is 14.4 Å². The van der Waals surface area contributed by atoms with Crippen LogP contribution in [0.15, 0.2) is 23.0 Å². The van der Waals surface area contributed by atoms with Crippen LogP contribution in [0.4, 0.5) is 16.2 Å². The summed E-state index contributed by atoms with van der Waals surface area (Å²) in [5, 5.41) is 9.67. The average molecular weight is 431 g/mol. The highest BCUT2D eigenvalue weighted by Gasteiger charge is 2.19. The predicted molar refractivity (Wildman–Crippen MR) is 116 cm³/mol. The molecule has 10 heteroatoms. The van der Waals surface area contributed by atoms with Crippen LogP contribution in [0, 0.1) is 0 Å². The third-order valence-corrected chi connectivity index (χ3v) is 4.69. The molecule has 0 atom stereocenters. The predicted octanol–water partition coefficient (Wildman–Crippen LogP) is 2.77. The fourth-order valence-electron chi connectivity index (χ4n) is 3.36. The van der Waals surface area contributed by atoms with Crippen LogP contribution >= 0.6 is 0 Å². The minimum absolute atomic E-state index is 0.195. The first kappa shape index (κ1) is 22.4. The topological polar surface area (TPSA) is 116 Å². The Hall–Kier alpha value is -3.30. The number of nitrogens with one attached hydrogen (secondary N) is 2. The second kappa shape index (κ2) is 9.23. The van der Waals surface area contributed by atoms with Crippen molar-refractivity contribution in [1.82, 2.24) is 14.3 Å². The van der Waals surface area contributed by atoms with Crippen LogP contribution in [0.1, 0.15) is 45.9 Å². The van der Waals surface area contributed by atoms with Crippen LogP contribution in [-0.4, -0.2) is 39.1 Å². The number of fused-ring (bicyclic) bond motifs is 1. The summed E-state index contributed by atoms with van der Waals surface area (Å²) in [5.41, 5.74) is -0.140. The van der Waals surface area contributed by atoms with Gasteiger partial charge < -0.3 is 14.8 Å². The van der Waals surface area contributed by atoms with Gasteiger partial charge in [-0.1, -0.05) is 6.42 Å². The van der Waals surface area contributed by atoms with Gasteiger partial charge >= 0.3 is 11.8 Å². The van der Waals surface area contributed by atoms with Crippen LogP contribution in [-0.2, 0) is 29.0 Å². The number of hydrogen-bond acceptors (Lipinski definition) is 6. The molecular formula is C21H29N5O5. The molecule has 0 fully saturated rings. The van der Waals surface area contributed by atoms with Crippen molar-refractivity contribution in [3.8, 4) is 5.75 Å². The van der Waals surface area contributed by atoms with E-state index in [0.717, 1.165) is 31.5 Å². The van der Waals surface area contributed by atoms with Crippen molar-refractivity contribution in [3.63, 3.8) is 0 Å². The molecule has 1 aliphatic rings. The van der Waals surface area contributed by atoms with Crippen molar-refractivity contribution in [2.45, 2.75) is 65.1 Å². The van der Waals surface area contributed by atoms with Crippen LogP contribution in [0.2, 0.25) is 0 Å². The number of aromatic nitrogens is 3. The summed E-state index contributed by atoms with van der Waals surface area (Å²) in [6.07, 6.45) is 3.09. The highest BCUT2D eigenvalue weighted by molar-refractivity contribution is 5.93. The van der Waals surface area contributed by atoms with Crippen molar-refractivity contribution in [2.75, 3.05) is 17.7 Å². The molecule has 2 aromatic rings. The van der Waals surface area contributed by atoms with Crippen LogP contribution in [0.5, 0.6) is 5.75 Å². The number of amides is 2. The van der Waals surface area contributed by atoms with Crippen LogP contribution in [0.3, 0.4) is 0 Å². The van der Waals surface area contributed by atoms with Gasteiger partial charge in [-0.2, -0.15) is 5.10 Å². The first-order chi connectivity index (χ1) is 14.7. The highest BCUT2D eigenvalue weighted by atomic mass is 16.6. The maximum absolute atomic E-state index is 12.5. The van der Waals surface area contributed by atoms with Crippen LogP contribution in [0.25, 0.3) is 0 Å². The molecule has 1 aromatic carbocycles. The number of methoxy groups -OCH3 is 1. The summed E-state index contributed by atoms with van der Waals surface area (Å²) in [5.74, 6) is 0.741. The Morgan fingerprint density at radius 2 is 1.94 bits per heavy atom. The maximum atomic E-state index is 12.5. The second-order valence-corrected chi connectivity index (χ2v) is 8.41. The Labute approximate surface area is 180 Å². The van der Waals surface area contributed by atoms with Crippen molar-refractivity contribution in [1.29, 1.82) is 0 Å². The van der Waals surface area contributed by atoms with Gasteiger partial charge in [0.15, 0.2) is 0 Å². The van der Waals surface area contributed by atoms with E-state index in [1.54, 1.807) is 43.5 Å².